The zero-order valence-corrected chi connectivity index (χ0v) is 12.0. The first-order chi connectivity index (χ1) is 7.83. The number of likely N-dealkylation sites (N-methyl/N-ethyl adjacent to an activating group) is 1. The molecule has 1 aliphatic rings. The summed E-state index contributed by atoms with van der Waals surface area (Å²) < 4.78 is 0. The standard InChI is InChI=1S/C12H24ClN3O/c1-10(13)11(17)14-9-12(2,3)16-7-5-15(4)6-8-16/h10H,5-9H2,1-4H3,(H,14,17). The lowest BCUT2D eigenvalue weighted by Gasteiger charge is -2.43. The molecule has 1 heterocycles. The molecule has 1 fully saturated rings. The molecule has 1 N–H and O–H groups in total. The lowest BCUT2D eigenvalue weighted by atomic mass is 10.0. The van der Waals surface area contributed by atoms with Gasteiger partial charge in [-0.3, -0.25) is 9.69 Å². The summed E-state index contributed by atoms with van der Waals surface area (Å²) in [6.45, 7) is 10.9. The Hall–Kier alpha value is -0.320. The highest BCUT2D eigenvalue weighted by Gasteiger charge is 2.29. The Balaban J connectivity index is 2.42. The van der Waals surface area contributed by atoms with Crippen molar-refractivity contribution in [1.29, 1.82) is 0 Å². The minimum Gasteiger partial charge on any atom is -0.353 e. The van der Waals surface area contributed by atoms with Gasteiger partial charge in [0.25, 0.3) is 0 Å². The van der Waals surface area contributed by atoms with Gasteiger partial charge in [0, 0.05) is 38.3 Å². The van der Waals surface area contributed by atoms with Crippen molar-refractivity contribution < 1.29 is 4.79 Å². The van der Waals surface area contributed by atoms with E-state index in [-0.39, 0.29) is 11.4 Å². The summed E-state index contributed by atoms with van der Waals surface area (Å²) in [5.74, 6) is -0.0890. The molecule has 0 saturated carbocycles. The first kappa shape index (κ1) is 14.7. The van der Waals surface area contributed by atoms with Crippen molar-refractivity contribution in [2.75, 3.05) is 39.8 Å². The molecular weight excluding hydrogens is 238 g/mol. The maximum atomic E-state index is 11.5. The topological polar surface area (TPSA) is 35.6 Å². The van der Waals surface area contributed by atoms with Crippen molar-refractivity contribution in [3.05, 3.63) is 0 Å². The second-order valence-electron chi connectivity index (χ2n) is 5.44. The van der Waals surface area contributed by atoms with Crippen LogP contribution in [-0.2, 0) is 4.79 Å². The van der Waals surface area contributed by atoms with Gasteiger partial charge >= 0.3 is 0 Å². The molecule has 0 aliphatic carbocycles. The van der Waals surface area contributed by atoms with Crippen LogP contribution in [0, 0.1) is 0 Å². The van der Waals surface area contributed by atoms with Crippen molar-refractivity contribution in [1.82, 2.24) is 15.1 Å². The molecule has 0 radical (unpaired) electrons. The lowest BCUT2D eigenvalue weighted by molar-refractivity contribution is -0.121. The summed E-state index contributed by atoms with van der Waals surface area (Å²) in [5.41, 5.74) is -0.0112. The molecule has 0 aromatic heterocycles. The average molecular weight is 262 g/mol. The largest absolute Gasteiger partial charge is 0.353 e. The molecule has 1 unspecified atom stereocenters. The first-order valence-corrected chi connectivity index (χ1v) is 6.62. The van der Waals surface area contributed by atoms with Gasteiger partial charge in [0.1, 0.15) is 5.38 Å². The van der Waals surface area contributed by atoms with Crippen LogP contribution in [0.1, 0.15) is 20.8 Å². The van der Waals surface area contributed by atoms with E-state index in [0.29, 0.717) is 6.54 Å². The Labute approximate surface area is 109 Å². The Morgan fingerprint density at radius 1 is 1.35 bits per heavy atom. The van der Waals surface area contributed by atoms with E-state index < -0.39 is 5.38 Å². The number of amides is 1. The number of hydrogen-bond donors (Lipinski definition) is 1. The van der Waals surface area contributed by atoms with E-state index >= 15 is 0 Å². The molecule has 0 aromatic carbocycles. The average Bonchev–Trinajstić information content (AvgIpc) is 2.26. The lowest BCUT2D eigenvalue weighted by Crippen LogP contribution is -2.58. The number of hydrogen-bond acceptors (Lipinski definition) is 3. The predicted molar refractivity (Wildman–Crippen MR) is 71.5 cm³/mol. The van der Waals surface area contributed by atoms with Gasteiger partial charge in [0.15, 0.2) is 0 Å². The normalized spacial score (nSPS) is 21.2. The summed E-state index contributed by atoms with van der Waals surface area (Å²) in [6, 6.07) is 0. The van der Waals surface area contributed by atoms with E-state index in [4.69, 9.17) is 11.6 Å². The third-order valence-electron chi connectivity index (χ3n) is 3.42. The molecule has 1 aliphatic heterocycles. The number of carbonyl (C=O) groups is 1. The van der Waals surface area contributed by atoms with Crippen LogP contribution < -0.4 is 5.32 Å². The number of piperazine rings is 1. The molecule has 1 atom stereocenters. The third kappa shape index (κ3) is 4.45. The van der Waals surface area contributed by atoms with Crippen LogP contribution in [-0.4, -0.2) is 66.4 Å². The Morgan fingerprint density at radius 2 is 1.88 bits per heavy atom. The first-order valence-electron chi connectivity index (χ1n) is 6.18. The second-order valence-corrected chi connectivity index (χ2v) is 6.09. The fraction of sp³-hybridized carbons (Fsp3) is 0.917. The van der Waals surface area contributed by atoms with Crippen LogP contribution in [0.5, 0.6) is 0 Å². The van der Waals surface area contributed by atoms with Crippen LogP contribution in [0.4, 0.5) is 0 Å². The Kier molecular flexibility index (Phi) is 5.22. The van der Waals surface area contributed by atoms with Gasteiger partial charge < -0.3 is 10.2 Å². The smallest absolute Gasteiger partial charge is 0.237 e. The van der Waals surface area contributed by atoms with Gasteiger partial charge in [-0.25, -0.2) is 0 Å². The van der Waals surface area contributed by atoms with E-state index in [1.54, 1.807) is 6.92 Å². The number of alkyl halides is 1. The summed E-state index contributed by atoms with van der Waals surface area (Å²) in [4.78, 5) is 16.2. The van der Waals surface area contributed by atoms with Crippen molar-refractivity contribution in [3.63, 3.8) is 0 Å². The van der Waals surface area contributed by atoms with Crippen LogP contribution >= 0.6 is 11.6 Å². The number of halogens is 1. The summed E-state index contributed by atoms with van der Waals surface area (Å²) in [5, 5.41) is 2.44. The van der Waals surface area contributed by atoms with Crippen LogP contribution in [0.3, 0.4) is 0 Å². The number of nitrogens with one attached hydrogen (secondary N) is 1. The van der Waals surface area contributed by atoms with Gasteiger partial charge in [-0.15, -0.1) is 11.6 Å². The van der Waals surface area contributed by atoms with Crippen LogP contribution in [0.15, 0.2) is 0 Å². The minimum absolute atomic E-state index is 0.0112. The van der Waals surface area contributed by atoms with Gasteiger partial charge in [-0.05, 0) is 27.8 Å². The Bertz CT molecular complexity index is 260. The van der Waals surface area contributed by atoms with Gasteiger partial charge in [-0.2, -0.15) is 0 Å². The van der Waals surface area contributed by atoms with Crippen LogP contribution in [0.2, 0.25) is 0 Å². The third-order valence-corrected chi connectivity index (χ3v) is 3.61. The fourth-order valence-electron chi connectivity index (χ4n) is 1.97. The maximum Gasteiger partial charge on any atom is 0.237 e. The molecule has 0 spiro atoms. The molecule has 4 nitrogen and oxygen atoms in total. The van der Waals surface area contributed by atoms with E-state index in [0.717, 1.165) is 26.2 Å². The second kappa shape index (κ2) is 6.03. The van der Waals surface area contributed by atoms with Crippen molar-refractivity contribution >= 4 is 17.5 Å². The molecule has 100 valence electrons. The SMILES string of the molecule is CC(Cl)C(=O)NCC(C)(C)N1CCN(C)CC1. The monoisotopic (exact) mass is 261 g/mol. The molecule has 1 amide bonds. The maximum absolute atomic E-state index is 11.5. The zero-order chi connectivity index (χ0) is 13.1. The molecule has 0 aromatic rings. The van der Waals surface area contributed by atoms with Crippen molar-refractivity contribution in [2.24, 2.45) is 0 Å². The highest BCUT2D eigenvalue weighted by molar-refractivity contribution is 6.30. The van der Waals surface area contributed by atoms with Gasteiger partial charge in [0.2, 0.25) is 5.91 Å². The number of nitrogens with zero attached hydrogens (tertiary/aromatic N) is 2. The van der Waals surface area contributed by atoms with Gasteiger partial charge in [0.05, 0.1) is 0 Å². The van der Waals surface area contributed by atoms with E-state index in [1.807, 2.05) is 0 Å². The van der Waals surface area contributed by atoms with Crippen molar-refractivity contribution in [3.8, 4) is 0 Å². The molecule has 1 rings (SSSR count). The minimum atomic E-state index is -0.460. The van der Waals surface area contributed by atoms with Crippen molar-refractivity contribution in [2.45, 2.75) is 31.7 Å². The molecular formula is C12H24ClN3O. The quantitative estimate of drug-likeness (QED) is 0.759. The summed E-state index contributed by atoms with van der Waals surface area (Å²) >= 11 is 5.73. The highest BCUT2D eigenvalue weighted by atomic mass is 35.5. The molecule has 0 bridgehead atoms. The van der Waals surface area contributed by atoms with Crippen LogP contribution in [0.25, 0.3) is 0 Å². The number of carbonyl (C=O) groups excluding carboxylic acids is 1. The van der Waals surface area contributed by atoms with E-state index in [2.05, 4.69) is 36.0 Å². The fourth-order valence-corrected chi connectivity index (χ4v) is 2.04. The molecule has 5 heteroatoms. The zero-order valence-electron chi connectivity index (χ0n) is 11.3. The highest BCUT2D eigenvalue weighted by Crippen LogP contribution is 2.15. The number of rotatable bonds is 4. The Morgan fingerprint density at radius 3 is 2.35 bits per heavy atom. The predicted octanol–water partition coefficient (Wildman–Crippen LogP) is 0.756. The van der Waals surface area contributed by atoms with E-state index in [9.17, 15) is 4.79 Å². The summed E-state index contributed by atoms with van der Waals surface area (Å²) in [6.07, 6.45) is 0. The summed E-state index contributed by atoms with van der Waals surface area (Å²) in [7, 11) is 2.14. The van der Waals surface area contributed by atoms with E-state index in [1.165, 1.54) is 0 Å². The molecule has 1 saturated heterocycles. The molecule has 17 heavy (non-hydrogen) atoms. The van der Waals surface area contributed by atoms with Gasteiger partial charge in [-0.1, -0.05) is 0 Å².